The van der Waals surface area contributed by atoms with Crippen LogP contribution in [-0.4, -0.2) is 17.0 Å². The lowest BCUT2D eigenvalue weighted by atomic mass is 9.86. The van der Waals surface area contributed by atoms with E-state index in [9.17, 15) is 5.11 Å². The molecule has 0 aromatic heterocycles. The van der Waals surface area contributed by atoms with Crippen LogP contribution in [0.25, 0.3) is 0 Å². The summed E-state index contributed by atoms with van der Waals surface area (Å²) in [4.78, 5) is 1.37. The van der Waals surface area contributed by atoms with Gasteiger partial charge in [-0.3, -0.25) is 0 Å². The van der Waals surface area contributed by atoms with Crippen LogP contribution >= 0.6 is 11.8 Å². The van der Waals surface area contributed by atoms with Crippen molar-refractivity contribution in [2.75, 3.05) is 5.75 Å². The Morgan fingerprint density at radius 2 is 2.11 bits per heavy atom. The molecule has 1 aromatic rings. The van der Waals surface area contributed by atoms with E-state index in [1.807, 2.05) is 11.8 Å². The molecule has 3 unspecified atom stereocenters. The molecule has 0 saturated heterocycles. The van der Waals surface area contributed by atoms with Gasteiger partial charge in [-0.2, -0.15) is 0 Å². The molecule has 3 atom stereocenters. The standard InChI is InChI=1S/C17H26OS/c1-3-5-8-13(4-2)11-16(18)15-12-19-17-10-7-6-9-14(15)17/h6-7,9-10,13,15-16,18H,3-5,8,11-12H2,1-2H3. The molecule has 2 rings (SSSR count). The molecule has 0 fully saturated rings. The van der Waals surface area contributed by atoms with Gasteiger partial charge >= 0.3 is 0 Å². The lowest BCUT2D eigenvalue weighted by Crippen LogP contribution is -2.22. The number of hydrogen-bond donors (Lipinski definition) is 1. The summed E-state index contributed by atoms with van der Waals surface area (Å²) >= 11 is 1.90. The monoisotopic (exact) mass is 278 g/mol. The van der Waals surface area contributed by atoms with Crippen molar-refractivity contribution in [3.63, 3.8) is 0 Å². The first-order valence-corrected chi connectivity index (χ1v) is 8.64. The van der Waals surface area contributed by atoms with E-state index in [2.05, 4.69) is 38.1 Å². The smallest absolute Gasteiger partial charge is 0.0619 e. The van der Waals surface area contributed by atoms with Crippen LogP contribution < -0.4 is 0 Å². The molecular weight excluding hydrogens is 252 g/mol. The summed E-state index contributed by atoms with van der Waals surface area (Å²) in [5, 5.41) is 10.6. The zero-order chi connectivity index (χ0) is 13.7. The van der Waals surface area contributed by atoms with E-state index < -0.39 is 0 Å². The highest BCUT2D eigenvalue weighted by molar-refractivity contribution is 7.99. The molecule has 1 nitrogen and oxygen atoms in total. The van der Waals surface area contributed by atoms with E-state index >= 15 is 0 Å². The predicted octanol–water partition coefficient (Wildman–Crippen LogP) is 4.84. The lowest BCUT2D eigenvalue weighted by Gasteiger charge is -2.23. The molecule has 0 amide bonds. The summed E-state index contributed by atoms with van der Waals surface area (Å²) in [6.07, 6.45) is 5.81. The third-order valence-corrected chi connectivity index (χ3v) is 5.53. The number of hydrogen-bond acceptors (Lipinski definition) is 2. The Morgan fingerprint density at radius 1 is 1.32 bits per heavy atom. The minimum Gasteiger partial charge on any atom is -0.392 e. The van der Waals surface area contributed by atoms with Crippen molar-refractivity contribution in [2.45, 2.75) is 62.9 Å². The molecule has 0 bridgehead atoms. The molecule has 1 aliphatic heterocycles. The second-order valence-corrected chi connectivity index (χ2v) is 6.74. The zero-order valence-corrected chi connectivity index (χ0v) is 13.0. The van der Waals surface area contributed by atoms with Crippen molar-refractivity contribution in [3.05, 3.63) is 29.8 Å². The molecule has 1 aliphatic rings. The Kier molecular flexibility index (Phi) is 5.77. The number of fused-ring (bicyclic) bond motifs is 1. The highest BCUT2D eigenvalue weighted by Gasteiger charge is 2.30. The molecular formula is C17H26OS. The summed E-state index contributed by atoms with van der Waals surface area (Å²) in [7, 11) is 0. The van der Waals surface area contributed by atoms with Gasteiger partial charge in [-0.1, -0.05) is 57.7 Å². The highest BCUT2D eigenvalue weighted by atomic mass is 32.2. The van der Waals surface area contributed by atoms with Gasteiger partial charge in [0.1, 0.15) is 0 Å². The van der Waals surface area contributed by atoms with Crippen LogP contribution in [0.1, 0.15) is 57.4 Å². The predicted molar refractivity (Wildman–Crippen MR) is 83.8 cm³/mol. The van der Waals surface area contributed by atoms with E-state index in [0.717, 1.165) is 12.2 Å². The maximum Gasteiger partial charge on any atom is 0.0619 e. The molecule has 1 aromatic carbocycles. The van der Waals surface area contributed by atoms with Crippen molar-refractivity contribution in [2.24, 2.45) is 5.92 Å². The van der Waals surface area contributed by atoms with Crippen molar-refractivity contribution in [1.82, 2.24) is 0 Å². The first kappa shape index (κ1) is 14.9. The molecule has 0 spiro atoms. The van der Waals surface area contributed by atoms with Crippen molar-refractivity contribution in [1.29, 1.82) is 0 Å². The van der Waals surface area contributed by atoms with Crippen LogP contribution in [0.15, 0.2) is 29.2 Å². The van der Waals surface area contributed by atoms with Gasteiger partial charge in [0.2, 0.25) is 0 Å². The lowest BCUT2D eigenvalue weighted by molar-refractivity contribution is 0.117. The van der Waals surface area contributed by atoms with Gasteiger partial charge in [0.05, 0.1) is 6.10 Å². The van der Waals surface area contributed by atoms with Gasteiger partial charge in [-0.15, -0.1) is 11.8 Å². The maximum absolute atomic E-state index is 10.6. The second-order valence-electron chi connectivity index (χ2n) is 5.67. The number of thioether (sulfide) groups is 1. The largest absolute Gasteiger partial charge is 0.392 e. The fourth-order valence-electron chi connectivity index (χ4n) is 2.99. The first-order valence-electron chi connectivity index (χ1n) is 7.66. The third kappa shape index (κ3) is 3.76. The van der Waals surface area contributed by atoms with Crippen LogP contribution in [-0.2, 0) is 0 Å². The van der Waals surface area contributed by atoms with Crippen LogP contribution in [0.5, 0.6) is 0 Å². The van der Waals surface area contributed by atoms with Crippen molar-refractivity contribution < 1.29 is 5.11 Å². The molecule has 2 heteroatoms. The number of unbranched alkanes of at least 4 members (excludes halogenated alkanes) is 1. The Labute approximate surface area is 121 Å². The minimum atomic E-state index is -0.169. The Balaban J connectivity index is 1.95. The molecule has 1 N–H and O–H groups in total. The number of aliphatic hydroxyl groups is 1. The van der Waals surface area contributed by atoms with E-state index in [1.54, 1.807) is 0 Å². The van der Waals surface area contributed by atoms with Gasteiger partial charge in [0.25, 0.3) is 0 Å². The summed E-state index contributed by atoms with van der Waals surface area (Å²) in [6.45, 7) is 4.50. The van der Waals surface area contributed by atoms with Gasteiger partial charge in [0, 0.05) is 16.6 Å². The van der Waals surface area contributed by atoms with Crippen LogP contribution in [0.2, 0.25) is 0 Å². The Morgan fingerprint density at radius 3 is 2.84 bits per heavy atom. The summed E-state index contributed by atoms with van der Waals surface area (Å²) in [6, 6.07) is 8.56. The average molecular weight is 278 g/mol. The van der Waals surface area contributed by atoms with E-state index in [1.165, 1.54) is 36.1 Å². The topological polar surface area (TPSA) is 20.2 Å². The number of rotatable bonds is 7. The summed E-state index contributed by atoms with van der Waals surface area (Å²) in [5.41, 5.74) is 1.37. The van der Waals surface area contributed by atoms with E-state index in [4.69, 9.17) is 0 Å². The molecule has 106 valence electrons. The number of benzene rings is 1. The van der Waals surface area contributed by atoms with Crippen LogP contribution in [0.4, 0.5) is 0 Å². The fourth-order valence-corrected chi connectivity index (χ4v) is 4.31. The van der Waals surface area contributed by atoms with Crippen LogP contribution in [0, 0.1) is 5.92 Å². The molecule has 1 heterocycles. The number of aliphatic hydroxyl groups excluding tert-OH is 1. The maximum atomic E-state index is 10.6. The zero-order valence-electron chi connectivity index (χ0n) is 12.1. The second kappa shape index (κ2) is 7.35. The minimum absolute atomic E-state index is 0.169. The quantitative estimate of drug-likeness (QED) is 0.770. The van der Waals surface area contributed by atoms with Gasteiger partial charge in [-0.05, 0) is 24.0 Å². The van der Waals surface area contributed by atoms with Crippen LogP contribution in [0.3, 0.4) is 0 Å². The van der Waals surface area contributed by atoms with Crippen molar-refractivity contribution in [3.8, 4) is 0 Å². The molecule has 0 radical (unpaired) electrons. The van der Waals surface area contributed by atoms with Gasteiger partial charge in [-0.25, -0.2) is 0 Å². The fraction of sp³-hybridized carbons (Fsp3) is 0.647. The van der Waals surface area contributed by atoms with Crippen molar-refractivity contribution >= 4 is 11.8 Å². The summed E-state index contributed by atoms with van der Waals surface area (Å²) < 4.78 is 0. The summed E-state index contributed by atoms with van der Waals surface area (Å²) in [5.74, 6) is 2.08. The first-order chi connectivity index (χ1) is 9.26. The molecule has 0 aliphatic carbocycles. The third-order valence-electron chi connectivity index (χ3n) is 4.32. The van der Waals surface area contributed by atoms with E-state index in [-0.39, 0.29) is 6.10 Å². The normalized spacial score (nSPS) is 21.1. The molecule has 0 saturated carbocycles. The van der Waals surface area contributed by atoms with E-state index in [0.29, 0.717) is 11.8 Å². The molecule has 19 heavy (non-hydrogen) atoms. The Hall–Kier alpha value is -0.470. The van der Waals surface area contributed by atoms with Gasteiger partial charge < -0.3 is 5.11 Å². The highest BCUT2D eigenvalue weighted by Crippen LogP contribution is 2.42. The Bertz CT molecular complexity index is 391. The average Bonchev–Trinajstić information content (AvgIpc) is 2.87. The SMILES string of the molecule is CCCCC(CC)CC(O)C1CSc2ccccc21. The van der Waals surface area contributed by atoms with Gasteiger partial charge in [0.15, 0.2) is 0 Å².